The molecule has 6 heteroatoms. The summed E-state index contributed by atoms with van der Waals surface area (Å²) in [7, 11) is -3.47. The third-order valence-corrected chi connectivity index (χ3v) is 5.11. The van der Waals surface area contributed by atoms with Crippen molar-refractivity contribution < 1.29 is 17.9 Å². The molecule has 3 rings (SSSR count). The minimum absolute atomic E-state index is 0.0755. The fraction of sp³-hybridized carbons (Fsp3) is 0.150. The van der Waals surface area contributed by atoms with E-state index in [1.807, 2.05) is 37.3 Å². The molecule has 0 unspecified atom stereocenters. The molecule has 1 amide bonds. The van der Waals surface area contributed by atoms with Gasteiger partial charge in [-0.3, -0.25) is 4.79 Å². The van der Waals surface area contributed by atoms with Crippen LogP contribution in [0.5, 0.6) is 5.75 Å². The van der Waals surface area contributed by atoms with Crippen molar-refractivity contribution in [1.82, 2.24) is 0 Å². The normalized spacial score (nSPS) is 11.3. The molecule has 0 atom stereocenters. The van der Waals surface area contributed by atoms with E-state index in [2.05, 4.69) is 5.32 Å². The summed E-state index contributed by atoms with van der Waals surface area (Å²) >= 11 is 0. The molecule has 0 aliphatic heterocycles. The molecule has 5 nitrogen and oxygen atoms in total. The van der Waals surface area contributed by atoms with Crippen molar-refractivity contribution >= 4 is 32.2 Å². The van der Waals surface area contributed by atoms with Gasteiger partial charge in [-0.25, -0.2) is 8.42 Å². The van der Waals surface area contributed by atoms with Gasteiger partial charge in [-0.2, -0.15) is 0 Å². The Hall–Kier alpha value is -2.86. The lowest BCUT2D eigenvalue weighted by Crippen LogP contribution is -2.16. The number of fused-ring (bicyclic) bond motifs is 1. The highest BCUT2D eigenvalue weighted by molar-refractivity contribution is 7.90. The Bertz CT molecular complexity index is 1070. The first-order valence-electron chi connectivity index (χ1n) is 8.17. The molecule has 1 N–H and O–H groups in total. The van der Waals surface area contributed by atoms with Gasteiger partial charge in [0.05, 0.1) is 22.8 Å². The van der Waals surface area contributed by atoms with Gasteiger partial charge < -0.3 is 10.1 Å². The number of carbonyl (C=O) groups is 1. The van der Waals surface area contributed by atoms with Crippen LogP contribution in [0.3, 0.4) is 0 Å². The molecule has 0 aliphatic rings. The van der Waals surface area contributed by atoms with Gasteiger partial charge >= 0.3 is 0 Å². The Morgan fingerprint density at radius 2 is 1.69 bits per heavy atom. The van der Waals surface area contributed by atoms with Gasteiger partial charge in [-0.05, 0) is 35.9 Å². The van der Waals surface area contributed by atoms with Gasteiger partial charge in [-0.1, -0.05) is 42.5 Å². The van der Waals surface area contributed by atoms with Crippen LogP contribution < -0.4 is 10.1 Å². The Morgan fingerprint density at radius 3 is 2.42 bits per heavy atom. The fourth-order valence-electron chi connectivity index (χ4n) is 2.84. The van der Waals surface area contributed by atoms with Gasteiger partial charge in [0.1, 0.15) is 5.75 Å². The maximum Gasteiger partial charge on any atom is 0.260 e. The molecule has 26 heavy (non-hydrogen) atoms. The van der Waals surface area contributed by atoms with Crippen molar-refractivity contribution in [3.63, 3.8) is 0 Å². The van der Waals surface area contributed by atoms with Crippen LogP contribution in [0.15, 0.2) is 65.6 Å². The molecule has 0 saturated carbocycles. The van der Waals surface area contributed by atoms with Crippen LogP contribution in [0.4, 0.5) is 5.69 Å². The second kappa shape index (κ2) is 7.17. The van der Waals surface area contributed by atoms with E-state index >= 15 is 0 Å². The average molecular weight is 369 g/mol. The summed E-state index contributed by atoms with van der Waals surface area (Å²) in [6, 6.07) is 17.5. The summed E-state index contributed by atoms with van der Waals surface area (Å²) in [4.78, 5) is 13.1. The number of carbonyl (C=O) groups excluding carboxylic acids is 1. The minimum Gasteiger partial charge on any atom is -0.493 e. The van der Waals surface area contributed by atoms with Crippen molar-refractivity contribution in [2.45, 2.75) is 11.8 Å². The molecule has 3 aromatic carbocycles. The first-order valence-corrected chi connectivity index (χ1v) is 10.1. The molecule has 0 radical (unpaired) electrons. The number of nitrogens with one attached hydrogen (secondary N) is 1. The lowest BCUT2D eigenvalue weighted by molar-refractivity contribution is 0.102. The van der Waals surface area contributed by atoms with E-state index in [-0.39, 0.29) is 10.6 Å². The summed E-state index contributed by atoms with van der Waals surface area (Å²) in [6.07, 6.45) is 1.11. The first-order chi connectivity index (χ1) is 12.4. The summed E-state index contributed by atoms with van der Waals surface area (Å²) < 4.78 is 29.6. The number of benzene rings is 3. The van der Waals surface area contributed by atoms with E-state index in [0.29, 0.717) is 17.9 Å². The number of ether oxygens (including phenoxy) is 1. The highest BCUT2D eigenvalue weighted by atomic mass is 32.2. The third kappa shape index (κ3) is 3.55. The molecular weight excluding hydrogens is 350 g/mol. The molecule has 0 aromatic heterocycles. The number of anilines is 1. The van der Waals surface area contributed by atoms with Crippen molar-refractivity contribution in [3.05, 3.63) is 66.2 Å². The zero-order valence-electron chi connectivity index (χ0n) is 14.5. The van der Waals surface area contributed by atoms with Gasteiger partial charge in [-0.15, -0.1) is 0 Å². The van der Waals surface area contributed by atoms with Gasteiger partial charge in [0, 0.05) is 6.26 Å². The average Bonchev–Trinajstić information content (AvgIpc) is 2.61. The van der Waals surface area contributed by atoms with Crippen LogP contribution in [0, 0.1) is 0 Å². The molecule has 0 spiro atoms. The quantitative estimate of drug-likeness (QED) is 0.740. The predicted molar refractivity (Wildman–Crippen MR) is 103 cm³/mol. The lowest BCUT2D eigenvalue weighted by Gasteiger charge is -2.15. The summed E-state index contributed by atoms with van der Waals surface area (Å²) in [5.41, 5.74) is 0.628. The smallest absolute Gasteiger partial charge is 0.260 e. The minimum atomic E-state index is -3.47. The van der Waals surface area contributed by atoms with E-state index in [0.717, 1.165) is 17.0 Å². The molecule has 0 bridgehead atoms. The number of rotatable bonds is 5. The largest absolute Gasteiger partial charge is 0.493 e. The Morgan fingerprint density at radius 1 is 1.00 bits per heavy atom. The molecule has 0 saturated heterocycles. The number of amides is 1. The Kier molecular flexibility index (Phi) is 4.95. The Labute approximate surface area is 152 Å². The van der Waals surface area contributed by atoms with Gasteiger partial charge in [0.25, 0.3) is 5.91 Å². The predicted octanol–water partition coefficient (Wildman–Crippen LogP) is 3.89. The molecule has 3 aromatic rings. The van der Waals surface area contributed by atoms with Crippen LogP contribution >= 0.6 is 0 Å². The topological polar surface area (TPSA) is 72.5 Å². The van der Waals surface area contributed by atoms with Crippen LogP contribution in [-0.2, 0) is 9.84 Å². The summed E-state index contributed by atoms with van der Waals surface area (Å²) in [5, 5.41) is 4.37. The van der Waals surface area contributed by atoms with Crippen molar-refractivity contribution in [1.29, 1.82) is 0 Å². The monoisotopic (exact) mass is 369 g/mol. The number of hydrogen-bond acceptors (Lipinski definition) is 4. The lowest BCUT2D eigenvalue weighted by atomic mass is 10.0. The van der Waals surface area contributed by atoms with Gasteiger partial charge in [0.15, 0.2) is 9.84 Å². The first kappa shape index (κ1) is 17.9. The number of para-hydroxylation sites is 1. The maximum absolute atomic E-state index is 13.0. The Balaban J connectivity index is 2.10. The molecule has 134 valence electrons. The molecule has 0 aliphatic carbocycles. The van der Waals surface area contributed by atoms with Crippen LogP contribution in [-0.4, -0.2) is 27.2 Å². The number of sulfone groups is 1. The second-order valence-electron chi connectivity index (χ2n) is 5.82. The van der Waals surface area contributed by atoms with E-state index in [4.69, 9.17) is 4.74 Å². The molecular formula is C20H19NO4S. The molecule has 0 fully saturated rings. The summed E-state index contributed by atoms with van der Waals surface area (Å²) in [6.45, 7) is 2.26. The van der Waals surface area contributed by atoms with Crippen LogP contribution in [0.1, 0.15) is 17.3 Å². The number of hydrogen-bond donors (Lipinski definition) is 1. The highest BCUT2D eigenvalue weighted by Gasteiger charge is 2.20. The van der Waals surface area contributed by atoms with E-state index in [9.17, 15) is 13.2 Å². The van der Waals surface area contributed by atoms with Crippen LogP contribution in [0.2, 0.25) is 0 Å². The van der Waals surface area contributed by atoms with Crippen LogP contribution in [0.25, 0.3) is 10.8 Å². The van der Waals surface area contributed by atoms with E-state index < -0.39 is 15.7 Å². The molecule has 0 heterocycles. The summed E-state index contributed by atoms with van der Waals surface area (Å²) in [5.74, 6) is 0.0434. The van der Waals surface area contributed by atoms with Crippen molar-refractivity contribution in [3.8, 4) is 5.75 Å². The standard InChI is InChI=1S/C20H19NO4S/c1-3-25-17-13-12-14-8-4-5-9-15(14)19(17)20(22)21-16-10-6-7-11-18(16)26(2,23)24/h4-13H,3H2,1-2H3,(H,21,22). The van der Waals surface area contributed by atoms with E-state index in [1.165, 1.54) is 6.07 Å². The zero-order chi connectivity index (χ0) is 18.7. The van der Waals surface area contributed by atoms with Crippen molar-refractivity contribution in [2.75, 3.05) is 18.2 Å². The van der Waals surface area contributed by atoms with E-state index in [1.54, 1.807) is 24.3 Å². The highest BCUT2D eigenvalue weighted by Crippen LogP contribution is 2.30. The third-order valence-electron chi connectivity index (χ3n) is 3.95. The second-order valence-corrected chi connectivity index (χ2v) is 7.80. The fourth-order valence-corrected chi connectivity index (χ4v) is 3.68. The zero-order valence-corrected chi connectivity index (χ0v) is 15.3. The van der Waals surface area contributed by atoms with Crippen molar-refractivity contribution in [2.24, 2.45) is 0 Å². The maximum atomic E-state index is 13.0. The van der Waals surface area contributed by atoms with Gasteiger partial charge in [0.2, 0.25) is 0 Å². The SMILES string of the molecule is CCOc1ccc2ccccc2c1C(=O)Nc1ccccc1S(C)(=O)=O.